The van der Waals surface area contributed by atoms with Crippen molar-refractivity contribution in [3.05, 3.63) is 50.5 Å². The molecule has 1 nitrogen and oxygen atoms in total. The average molecular weight is 296 g/mol. The Morgan fingerprint density at radius 3 is 1.29 bits per heavy atom. The summed E-state index contributed by atoms with van der Waals surface area (Å²) in [4.78, 5) is 0. The van der Waals surface area contributed by atoms with E-state index in [1.807, 2.05) is 50.5 Å². The molecule has 0 atom stereocenters. The van der Waals surface area contributed by atoms with Crippen molar-refractivity contribution in [2.75, 3.05) is 0 Å². The lowest BCUT2D eigenvalue weighted by Crippen LogP contribution is -2.21. The second-order valence-corrected chi connectivity index (χ2v) is 8.66. The van der Waals surface area contributed by atoms with Crippen molar-refractivity contribution < 1.29 is 4.57 Å². The van der Waals surface area contributed by atoms with Gasteiger partial charge in [-0.2, -0.15) is 34.0 Å². The average Bonchev–Trinajstić information content (AvgIpc) is 3.10. The Bertz CT molecular complexity index is 532. The second kappa shape index (κ2) is 4.54. The molecule has 3 aromatic heterocycles. The first-order valence-electron chi connectivity index (χ1n) is 5.00. The van der Waals surface area contributed by atoms with E-state index in [9.17, 15) is 4.57 Å². The first-order chi connectivity index (χ1) is 8.32. The van der Waals surface area contributed by atoms with E-state index in [0.29, 0.717) is 0 Å². The summed E-state index contributed by atoms with van der Waals surface area (Å²) in [6.07, 6.45) is 0. The number of hydrogen-bond acceptors (Lipinski definition) is 4. The van der Waals surface area contributed by atoms with Gasteiger partial charge in [-0.05, 0) is 34.3 Å². The minimum Gasteiger partial charge on any atom is -0.309 e. The first-order valence-corrected chi connectivity index (χ1v) is 9.53. The van der Waals surface area contributed by atoms with Crippen molar-refractivity contribution in [3.63, 3.8) is 0 Å². The fraction of sp³-hybridized carbons (Fsp3) is 0. The highest BCUT2D eigenvalue weighted by Gasteiger charge is 2.30. The van der Waals surface area contributed by atoms with Crippen LogP contribution in [0.4, 0.5) is 0 Å². The summed E-state index contributed by atoms with van der Waals surface area (Å²) >= 11 is 4.79. The lowest BCUT2D eigenvalue weighted by Gasteiger charge is -2.14. The maximum Gasteiger partial charge on any atom is 0.173 e. The maximum atomic E-state index is 13.4. The fourth-order valence-corrected chi connectivity index (χ4v) is 7.70. The molecule has 0 saturated heterocycles. The summed E-state index contributed by atoms with van der Waals surface area (Å²) in [5.41, 5.74) is 0. The molecule has 0 amide bonds. The predicted molar refractivity (Wildman–Crippen MR) is 79.5 cm³/mol. The van der Waals surface area contributed by atoms with Gasteiger partial charge in [0.15, 0.2) is 7.14 Å². The number of rotatable bonds is 3. The largest absolute Gasteiger partial charge is 0.309 e. The molecule has 0 aliphatic heterocycles. The smallest absolute Gasteiger partial charge is 0.173 e. The minimum absolute atomic E-state index is 0.944. The lowest BCUT2D eigenvalue weighted by atomic mass is 10.6. The summed E-state index contributed by atoms with van der Waals surface area (Å²) in [6, 6.07) is 5.92. The van der Waals surface area contributed by atoms with Gasteiger partial charge in [-0.3, -0.25) is 0 Å². The van der Waals surface area contributed by atoms with E-state index in [1.165, 1.54) is 0 Å². The van der Waals surface area contributed by atoms with Gasteiger partial charge in [0.05, 0.1) is 0 Å². The van der Waals surface area contributed by atoms with Crippen molar-refractivity contribution in [3.8, 4) is 0 Å². The molecule has 0 N–H and O–H groups in total. The summed E-state index contributed by atoms with van der Waals surface area (Å²) in [5.74, 6) is 0. The van der Waals surface area contributed by atoms with Crippen molar-refractivity contribution in [1.82, 2.24) is 0 Å². The maximum absolute atomic E-state index is 13.4. The van der Waals surface area contributed by atoms with Crippen LogP contribution < -0.4 is 15.9 Å². The molecule has 86 valence electrons. The minimum atomic E-state index is -2.60. The predicted octanol–water partition coefficient (Wildman–Crippen LogP) is 3.51. The third-order valence-corrected chi connectivity index (χ3v) is 8.20. The van der Waals surface area contributed by atoms with E-state index >= 15 is 0 Å². The summed E-state index contributed by atoms with van der Waals surface area (Å²) in [7, 11) is -2.60. The molecule has 0 spiro atoms. The Balaban J connectivity index is 2.26. The molecule has 0 fully saturated rings. The number of thiophene rings is 3. The Labute approximate surface area is 112 Å². The van der Waals surface area contributed by atoms with Crippen LogP contribution >= 0.6 is 41.2 Å². The number of hydrogen-bond donors (Lipinski definition) is 0. The lowest BCUT2D eigenvalue weighted by molar-refractivity contribution is 0.592. The van der Waals surface area contributed by atoms with Crippen LogP contribution in [0, 0.1) is 0 Å². The normalized spacial score (nSPS) is 11.8. The van der Waals surface area contributed by atoms with Crippen LogP contribution in [0.1, 0.15) is 0 Å². The Morgan fingerprint density at radius 1 is 0.706 bits per heavy atom. The van der Waals surface area contributed by atoms with E-state index in [-0.39, 0.29) is 0 Å². The summed E-state index contributed by atoms with van der Waals surface area (Å²) < 4.78 is 13.4. The van der Waals surface area contributed by atoms with E-state index in [1.54, 1.807) is 34.0 Å². The van der Waals surface area contributed by atoms with Crippen molar-refractivity contribution in [2.45, 2.75) is 0 Å². The Kier molecular flexibility index (Phi) is 3.05. The van der Waals surface area contributed by atoms with Crippen LogP contribution in [0.5, 0.6) is 0 Å². The SMILES string of the molecule is O=P(c1ccsc1)(c1ccsc1)c1ccsc1. The topological polar surface area (TPSA) is 17.1 Å². The first kappa shape index (κ1) is 11.4. The molecule has 0 saturated carbocycles. The highest BCUT2D eigenvalue weighted by Crippen LogP contribution is 2.43. The molecule has 17 heavy (non-hydrogen) atoms. The van der Waals surface area contributed by atoms with Crippen molar-refractivity contribution in [1.29, 1.82) is 0 Å². The van der Waals surface area contributed by atoms with Crippen molar-refractivity contribution >= 4 is 57.1 Å². The van der Waals surface area contributed by atoms with Crippen LogP contribution in [0.15, 0.2) is 50.5 Å². The highest BCUT2D eigenvalue weighted by atomic mass is 32.1. The van der Waals surface area contributed by atoms with E-state index in [4.69, 9.17) is 0 Å². The van der Waals surface area contributed by atoms with Gasteiger partial charge in [-0.1, -0.05) is 0 Å². The van der Waals surface area contributed by atoms with E-state index in [0.717, 1.165) is 15.9 Å². The van der Waals surface area contributed by atoms with Gasteiger partial charge in [-0.25, -0.2) is 0 Å². The second-order valence-electron chi connectivity index (χ2n) is 3.55. The molecule has 0 aromatic carbocycles. The third kappa shape index (κ3) is 1.85. The quantitative estimate of drug-likeness (QED) is 0.676. The molecule has 5 heteroatoms. The van der Waals surface area contributed by atoms with Crippen LogP contribution in [0.3, 0.4) is 0 Å². The van der Waals surface area contributed by atoms with Gasteiger partial charge >= 0.3 is 0 Å². The van der Waals surface area contributed by atoms with Gasteiger partial charge in [0.1, 0.15) is 0 Å². The zero-order valence-corrected chi connectivity index (χ0v) is 12.1. The molecule has 3 rings (SSSR count). The van der Waals surface area contributed by atoms with Gasteiger partial charge in [0.25, 0.3) is 0 Å². The monoisotopic (exact) mass is 296 g/mol. The highest BCUT2D eigenvalue weighted by molar-refractivity contribution is 7.86. The van der Waals surface area contributed by atoms with Crippen molar-refractivity contribution in [2.24, 2.45) is 0 Å². The van der Waals surface area contributed by atoms with Gasteiger partial charge in [0, 0.05) is 32.1 Å². The molecule has 3 aromatic rings. The molecular weight excluding hydrogens is 287 g/mol. The summed E-state index contributed by atoms with van der Waals surface area (Å²) in [5, 5.41) is 14.8. The van der Waals surface area contributed by atoms with E-state index < -0.39 is 7.14 Å². The Morgan fingerprint density at radius 2 is 1.06 bits per heavy atom. The van der Waals surface area contributed by atoms with Crippen LogP contribution in [-0.4, -0.2) is 0 Å². The third-order valence-electron chi connectivity index (χ3n) is 2.61. The van der Waals surface area contributed by atoms with Crippen LogP contribution in [-0.2, 0) is 4.57 Å². The molecule has 3 heterocycles. The summed E-state index contributed by atoms with van der Waals surface area (Å²) in [6.45, 7) is 0. The van der Waals surface area contributed by atoms with Crippen LogP contribution in [0.25, 0.3) is 0 Å². The van der Waals surface area contributed by atoms with E-state index in [2.05, 4.69) is 0 Å². The van der Waals surface area contributed by atoms with Gasteiger partial charge < -0.3 is 4.57 Å². The molecular formula is C12H9OPS3. The standard InChI is InChI=1S/C12H9OPS3/c13-14(10-1-4-15-7-10,11-2-5-16-8-11)12-3-6-17-9-12/h1-9H. The molecule has 0 bridgehead atoms. The Hall–Kier alpha value is -0.670. The molecule has 0 aliphatic rings. The van der Waals surface area contributed by atoms with Gasteiger partial charge in [0.2, 0.25) is 0 Å². The molecule has 0 unspecified atom stereocenters. The molecule has 0 aliphatic carbocycles. The van der Waals surface area contributed by atoms with Gasteiger partial charge in [-0.15, -0.1) is 0 Å². The zero-order chi connectivity index (χ0) is 11.7. The fourth-order valence-electron chi connectivity index (χ4n) is 1.76. The zero-order valence-electron chi connectivity index (χ0n) is 8.78. The van der Waals surface area contributed by atoms with Crippen LogP contribution in [0.2, 0.25) is 0 Å². The molecule has 0 radical (unpaired) electrons.